The Morgan fingerprint density at radius 3 is 2.64 bits per heavy atom. The molecule has 1 aliphatic heterocycles. The highest BCUT2D eigenvalue weighted by molar-refractivity contribution is 7.89. The first-order chi connectivity index (χ1) is 12.0. The van der Waals surface area contributed by atoms with Gasteiger partial charge < -0.3 is 14.8 Å². The van der Waals surface area contributed by atoms with Gasteiger partial charge >= 0.3 is 0 Å². The van der Waals surface area contributed by atoms with Gasteiger partial charge in [0.25, 0.3) is 0 Å². The van der Waals surface area contributed by atoms with Gasteiger partial charge in [-0.1, -0.05) is 6.92 Å². The quantitative estimate of drug-likeness (QED) is 0.670. The van der Waals surface area contributed by atoms with Crippen molar-refractivity contribution in [3.8, 4) is 5.75 Å². The Morgan fingerprint density at radius 1 is 1.28 bits per heavy atom. The first-order valence-corrected chi connectivity index (χ1v) is 10.1. The van der Waals surface area contributed by atoms with E-state index < -0.39 is 15.8 Å². The van der Waals surface area contributed by atoms with Gasteiger partial charge in [0.1, 0.15) is 23.1 Å². The number of nitrogens with one attached hydrogen (secondary N) is 1. The van der Waals surface area contributed by atoms with Crippen LogP contribution in [0.5, 0.6) is 5.75 Å². The van der Waals surface area contributed by atoms with E-state index in [4.69, 9.17) is 9.47 Å². The molecular formula is C17H27FN2O4S. The van der Waals surface area contributed by atoms with E-state index in [9.17, 15) is 12.8 Å². The highest BCUT2D eigenvalue weighted by Gasteiger charge is 2.34. The SMILES string of the molecule is CCCN(C1CCNCC1)S(=O)(=O)c1cc(F)ccc1OCCOC. The maximum Gasteiger partial charge on any atom is 0.247 e. The fourth-order valence-electron chi connectivity index (χ4n) is 2.98. The van der Waals surface area contributed by atoms with E-state index in [1.165, 1.54) is 23.5 Å². The van der Waals surface area contributed by atoms with Crippen molar-refractivity contribution in [2.75, 3.05) is 40.0 Å². The van der Waals surface area contributed by atoms with Crippen LogP contribution in [0.25, 0.3) is 0 Å². The van der Waals surface area contributed by atoms with Crippen LogP contribution in [0.3, 0.4) is 0 Å². The van der Waals surface area contributed by atoms with Crippen LogP contribution >= 0.6 is 0 Å². The van der Waals surface area contributed by atoms with Gasteiger partial charge in [-0.25, -0.2) is 12.8 Å². The van der Waals surface area contributed by atoms with Crippen molar-refractivity contribution in [1.29, 1.82) is 0 Å². The summed E-state index contributed by atoms with van der Waals surface area (Å²) < 4.78 is 52.3. The molecule has 6 nitrogen and oxygen atoms in total. The van der Waals surface area contributed by atoms with E-state index in [0.717, 1.165) is 32.0 Å². The fraction of sp³-hybridized carbons (Fsp3) is 0.647. The smallest absolute Gasteiger partial charge is 0.247 e. The molecule has 1 saturated heterocycles. The Morgan fingerprint density at radius 2 is 2.00 bits per heavy atom. The second-order valence-corrected chi connectivity index (χ2v) is 7.89. The van der Waals surface area contributed by atoms with Gasteiger partial charge in [-0.05, 0) is 50.6 Å². The van der Waals surface area contributed by atoms with Crippen molar-refractivity contribution in [3.05, 3.63) is 24.0 Å². The molecule has 1 heterocycles. The molecule has 0 unspecified atom stereocenters. The third-order valence-corrected chi connectivity index (χ3v) is 6.17. The van der Waals surface area contributed by atoms with E-state index in [-0.39, 0.29) is 23.3 Å². The lowest BCUT2D eigenvalue weighted by Gasteiger charge is -2.34. The van der Waals surface area contributed by atoms with Crippen molar-refractivity contribution in [1.82, 2.24) is 9.62 Å². The summed E-state index contributed by atoms with van der Waals surface area (Å²) in [6.07, 6.45) is 2.18. The van der Waals surface area contributed by atoms with Gasteiger partial charge in [0, 0.05) is 19.7 Å². The number of benzene rings is 1. The molecule has 8 heteroatoms. The molecular weight excluding hydrogens is 347 g/mol. The Kier molecular flexibility index (Phi) is 7.61. The second-order valence-electron chi connectivity index (χ2n) is 6.03. The fourth-order valence-corrected chi connectivity index (χ4v) is 4.90. The second kappa shape index (κ2) is 9.47. The molecule has 1 aliphatic rings. The maximum absolute atomic E-state index is 13.8. The van der Waals surface area contributed by atoms with Crippen LogP contribution in [-0.2, 0) is 14.8 Å². The first-order valence-electron chi connectivity index (χ1n) is 8.64. The van der Waals surface area contributed by atoms with Crippen molar-refractivity contribution in [2.24, 2.45) is 0 Å². The molecule has 0 aromatic heterocycles. The van der Waals surface area contributed by atoms with Crippen molar-refractivity contribution in [2.45, 2.75) is 37.1 Å². The maximum atomic E-state index is 13.8. The average Bonchev–Trinajstić information content (AvgIpc) is 2.61. The molecule has 0 spiro atoms. The lowest BCUT2D eigenvalue weighted by molar-refractivity contribution is 0.144. The molecule has 0 bridgehead atoms. The summed E-state index contributed by atoms with van der Waals surface area (Å²) in [5.41, 5.74) is 0. The highest BCUT2D eigenvalue weighted by atomic mass is 32.2. The molecule has 142 valence electrons. The van der Waals surface area contributed by atoms with E-state index in [1.54, 1.807) is 0 Å². The predicted octanol–water partition coefficient (Wildman–Crippen LogP) is 2.00. The Labute approximate surface area is 149 Å². The lowest BCUT2D eigenvalue weighted by Crippen LogP contribution is -2.46. The van der Waals surface area contributed by atoms with Crippen molar-refractivity contribution >= 4 is 10.0 Å². The summed E-state index contributed by atoms with van der Waals surface area (Å²) in [5.74, 6) is -0.437. The zero-order valence-electron chi connectivity index (χ0n) is 14.8. The number of hydrogen-bond acceptors (Lipinski definition) is 5. The Balaban J connectivity index is 2.35. The van der Waals surface area contributed by atoms with Crippen LogP contribution in [0.2, 0.25) is 0 Å². The minimum atomic E-state index is -3.85. The largest absolute Gasteiger partial charge is 0.490 e. The number of halogens is 1. The predicted molar refractivity (Wildman–Crippen MR) is 93.8 cm³/mol. The third-order valence-electron chi connectivity index (χ3n) is 4.20. The summed E-state index contributed by atoms with van der Waals surface area (Å²) in [6, 6.07) is 3.53. The van der Waals surface area contributed by atoms with Crippen LogP contribution in [0.15, 0.2) is 23.1 Å². The number of ether oxygens (including phenoxy) is 2. The zero-order chi connectivity index (χ0) is 18.3. The van der Waals surface area contributed by atoms with Gasteiger partial charge in [-0.3, -0.25) is 0 Å². The minimum Gasteiger partial charge on any atom is -0.490 e. The molecule has 1 N–H and O–H groups in total. The first kappa shape index (κ1) is 20.1. The number of rotatable bonds is 9. The van der Waals surface area contributed by atoms with Crippen LogP contribution in [-0.4, -0.2) is 58.7 Å². The molecule has 0 aliphatic carbocycles. The van der Waals surface area contributed by atoms with E-state index >= 15 is 0 Å². The summed E-state index contributed by atoms with van der Waals surface area (Å²) in [7, 11) is -2.32. The van der Waals surface area contributed by atoms with E-state index in [1.807, 2.05) is 6.92 Å². The lowest BCUT2D eigenvalue weighted by atomic mass is 10.1. The molecule has 0 saturated carbocycles. The Bertz CT molecular complexity index is 648. The molecule has 0 radical (unpaired) electrons. The molecule has 0 atom stereocenters. The third kappa shape index (κ3) is 5.13. The summed E-state index contributed by atoms with van der Waals surface area (Å²) in [4.78, 5) is -0.115. The van der Waals surface area contributed by atoms with Crippen molar-refractivity contribution in [3.63, 3.8) is 0 Å². The number of nitrogens with zero attached hydrogens (tertiary/aromatic N) is 1. The topological polar surface area (TPSA) is 67.9 Å². The van der Waals surface area contributed by atoms with Crippen LogP contribution in [0, 0.1) is 5.82 Å². The number of hydrogen-bond donors (Lipinski definition) is 1. The standard InChI is InChI=1S/C17H27FN2O4S/c1-3-10-20(15-6-8-19-9-7-15)25(21,22)17-13-14(18)4-5-16(17)24-12-11-23-2/h4-5,13,15,19H,3,6-12H2,1-2H3. The summed E-state index contributed by atoms with van der Waals surface area (Å²) in [6.45, 7) is 4.42. The number of methoxy groups -OCH3 is 1. The molecule has 2 rings (SSSR count). The molecule has 25 heavy (non-hydrogen) atoms. The number of sulfonamides is 1. The molecule has 1 aromatic rings. The van der Waals surface area contributed by atoms with Crippen LogP contribution in [0.4, 0.5) is 4.39 Å². The van der Waals surface area contributed by atoms with E-state index in [2.05, 4.69) is 5.32 Å². The minimum absolute atomic E-state index is 0.0821. The molecule has 1 fully saturated rings. The monoisotopic (exact) mass is 374 g/mol. The van der Waals surface area contributed by atoms with E-state index in [0.29, 0.717) is 19.6 Å². The summed E-state index contributed by atoms with van der Waals surface area (Å²) >= 11 is 0. The van der Waals surface area contributed by atoms with Crippen LogP contribution in [0.1, 0.15) is 26.2 Å². The van der Waals surface area contributed by atoms with Gasteiger partial charge in [-0.2, -0.15) is 4.31 Å². The van der Waals surface area contributed by atoms with Gasteiger partial charge in [0.15, 0.2) is 0 Å². The van der Waals surface area contributed by atoms with Crippen LogP contribution < -0.4 is 10.1 Å². The van der Waals surface area contributed by atoms with Crippen molar-refractivity contribution < 1.29 is 22.3 Å². The normalized spacial score (nSPS) is 16.3. The van der Waals surface area contributed by atoms with Gasteiger partial charge in [0.2, 0.25) is 10.0 Å². The zero-order valence-corrected chi connectivity index (χ0v) is 15.6. The highest BCUT2D eigenvalue weighted by Crippen LogP contribution is 2.30. The molecule has 0 amide bonds. The van der Waals surface area contributed by atoms with Gasteiger partial charge in [0.05, 0.1) is 6.61 Å². The Hall–Kier alpha value is -1.22. The molecule has 1 aromatic carbocycles. The van der Waals surface area contributed by atoms with Gasteiger partial charge in [-0.15, -0.1) is 0 Å². The summed E-state index contributed by atoms with van der Waals surface area (Å²) in [5, 5.41) is 3.24. The average molecular weight is 374 g/mol. The number of piperidine rings is 1.